The van der Waals surface area contributed by atoms with Gasteiger partial charge in [0.25, 0.3) is 0 Å². The van der Waals surface area contributed by atoms with Crippen LogP contribution in [-0.2, 0) is 0 Å². The van der Waals surface area contributed by atoms with E-state index in [1.807, 2.05) is 7.05 Å². The monoisotopic (exact) mass is 211 g/mol. The Morgan fingerprint density at radius 2 is 2.36 bits per heavy atom. The Morgan fingerprint density at radius 3 is 2.93 bits per heavy atom. The second-order valence-corrected chi connectivity index (χ2v) is 4.33. The number of nitrogen functional groups attached to an aromatic ring is 1. The summed E-state index contributed by atoms with van der Waals surface area (Å²) in [7, 11) is 2.02. The van der Waals surface area contributed by atoms with Crippen LogP contribution in [0.4, 0.5) is 11.5 Å². The Labute approximate surface area is 88.9 Å². The normalized spacial score (nSPS) is 15.6. The van der Waals surface area contributed by atoms with Gasteiger partial charge in [0, 0.05) is 19.8 Å². The first-order valence-electron chi connectivity index (χ1n) is 4.79. The van der Waals surface area contributed by atoms with Crippen LogP contribution in [0.3, 0.4) is 0 Å². The molecular formula is C10H14ClN3. The largest absolute Gasteiger partial charge is 0.396 e. The molecule has 1 saturated carbocycles. The van der Waals surface area contributed by atoms with Gasteiger partial charge in [0.15, 0.2) is 5.82 Å². The third kappa shape index (κ3) is 2.10. The zero-order valence-corrected chi connectivity index (χ0v) is 8.96. The molecule has 0 radical (unpaired) electrons. The summed E-state index contributed by atoms with van der Waals surface area (Å²) in [5.74, 6) is 1.66. The van der Waals surface area contributed by atoms with E-state index in [1.54, 1.807) is 12.3 Å². The zero-order valence-electron chi connectivity index (χ0n) is 8.20. The van der Waals surface area contributed by atoms with Crippen molar-refractivity contribution in [3.05, 3.63) is 17.3 Å². The lowest BCUT2D eigenvalue weighted by atomic mass is 10.3. The van der Waals surface area contributed by atoms with Crippen molar-refractivity contribution in [2.24, 2.45) is 5.92 Å². The van der Waals surface area contributed by atoms with Gasteiger partial charge in [0.2, 0.25) is 0 Å². The van der Waals surface area contributed by atoms with Crippen LogP contribution in [0.15, 0.2) is 12.3 Å². The number of aromatic nitrogens is 1. The maximum atomic E-state index is 5.83. The smallest absolute Gasteiger partial charge is 0.151 e. The highest BCUT2D eigenvalue weighted by Gasteiger charge is 2.23. The van der Waals surface area contributed by atoms with Crippen molar-refractivity contribution in [1.29, 1.82) is 0 Å². The van der Waals surface area contributed by atoms with Gasteiger partial charge >= 0.3 is 0 Å². The van der Waals surface area contributed by atoms with Gasteiger partial charge in [-0.1, -0.05) is 11.6 Å². The lowest BCUT2D eigenvalue weighted by Gasteiger charge is -2.19. The van der Waals surface area contributed by atoms with E-state index in [0.717, 1.165) is 18.3 Å². The summed E-state index contributed by atoms with van der Waals surface area (Å²) in [5.41, 5.74) is 6.48. The number of nitrogens with zero attached hydrogens (tertiary/aromatic N) is 2. The number of anilines is 2. The fourth-order valence-corrected chi connectivity index (χ4v) is 1.71. The number of halogens is 1. The van der Waals surface area contributed by atoms with E-state index in [0.29, 0.717) is 10.7 Å². The number of hydrogen-bond donors (Lipinski definition) is 1. The van der Waals surface area contributed by atoms with E-state index in [1.165, 1.54) is 12.8 Å². The first kappa shape index (κ1) is 9.59. The quantitative estimate of drug-likeness (QED) is 0.833. The summed E-state index contributed by atoms with van der Waals surface area (Å²) >= 11 is 5.78. The minimum atomic E-state index is 0.589. The predicted octanol–water partition coefficient (Wildman–Crippen LogP) is 2.16. The second kappa shape index (κ2) is 3.65. The average Bonchev–Trinajstić information content (AvgIpc) is 2.87. The van der Waals surface area contributed by atoms with Crippen LogP contribution in [0.1, 0.15) is 12.8 Å². The summed E-state index contributed by atoms with van der Waals surface area (Å²) in [4.78, 5) is 6.33. The summed E-state index contributed by atoms with van der Waals surface area (Å²) in [6.07, 6.45) is 4.30. The van der Waals surface area contributed by atoms with Crippen molar-refractivity contribution < 1.29 is 0 Å². The number of hydrogen-bond acceptors (Lipinski definition) is 3. The molecule has 1 aliphatic rings. The molecule has 0 atom stereocenters. The summed E-state index contributed by atoms with van der Waals surface area (Å²) in [6, 6.07) is 1.74. The molecule has 1 aromatic rings. The molecule has 0 spiro atoms. The van der Waals surface area contributed by atoms with E-state index in [-0.39, 0.29) is 0 Å². The standard InChI is InChI=1S/C10H14ClN3/c1-14(6-7-2-3-7)10-9(12)4-8(11)5-13-10/h4-5,7H,2-3,6,12H2,1H3. The summed E-state index contributed by atoms with van der Waals surface area (Å²) < 4.78 is 0. The topological polar surface area (TPSA) is 42.2 Å². The zero-order chi connectivity index (χ0) is 10.1. The highest BCUT2D eigenvalue weighted by molar-refractivity contribution is 6.30. The molecule has 2 rings (SSSR count). The maximum absolute atomic E-state index is 5.83. The Morgan fingerprint density at radius 1 is 1.64 bits per heavy atom. The number of pyridine rings is 1. The molecule has 1 fully saturated rings. The fourth-order valence-electron chi connectivity index (χ4n) is 1.54. The van der Waals surface area contributed by atoms with Crippen molar-refractivity contribution in [2.45, 2.75) is 12.8 Å². The Bertz CT molecular complexity index is 336. The fraction of sp³-hybridized carbons (Fsp3) is 0.500. The van der Waals surface area contributed by atoms with E-state index in [2.05, 4.69) is 9.88 Å². The van der Waals surface area contributed by atoms with Crippen molar-refractivity contribution >= 4 is 23.1 Å². The molecule has 14 heavy (non-hydrogen) atoms. The average molecular weight is 212 g/mol. The summed E-state index contributed by atoms with van der Waals surface area (Å²) in [5, 5.41) is 0.589. The van der Waals surface area contributed by atoms with E-state index < -0.39 is 0 Å². The Balaban J connectivity index is 2.13. The Kier molecular flexibility index (Phi) is 2.50. The van der Waals surface area contributed by atoms with Gasteiger partial charge in [-0.15, -0.1) is 0 Å². The van der Waals surface area contributed by atoms with Crippen LogP contribution in [0, 0.1) is 5.92 Å². The van der Waals surface area contributed by atoms with Crippen LogP contribution in [0.2, 0.25) is 5.02 Å². The Hall–Kier alpha value is -0.960. The molecule has 1 aromatic heterocycles. The van der Waals surface area contributed by atoms with Crippen molar-refractivity contribution in [1.82, 2.24) is 4.98 Å². The second-order valence-electron chi connectivity index (χ2n) is 3.89. The summed E-state index contributed by atoms with van der Waals surface area (Å²) in [6.45, 7) is 1.04. The van der Waals surface area contributed by atoms with Gasteiger partial charge in [-0.3, -0.25) is 0 Å². The van der Waals surface area contributed by atoms with E-state index in [9.17, 15) is 0 Å². The highest BCUT2D eigenvalue weighted by Crippen LogP contribution is 2.32. The number of nitrogens with two attached hydrogens (primary N) is 1. The number of rotatable bonds is 3. The van der Waals surface area contributed by atoms with Gasteiger partial charge in [0.05, 0.1) is 10.7 Å². The molecule has 3 nitrogen and oxygen atoms in total. The van der Waals surface area contributed by atoms with Crippen molar-refractivity contribution in [2.75, 3.05) is 24.2 Å². The van der Waals surface area contributed by atoms with Gasteiger partial charge in [0.1, 0.15) is 0 Å². The molecule has 0 amide bonds. The molecule has 0 unspecified atom stereocenters. The van der Waals surface area contributed by atoms with E-state index >= 15 is 0 Å². The van der Waals surface area contributed by atoms with Crippen molar-refractivity contribution in [3.63, 3.8) is 0 Å². The minimum Gasteiger partial charge on any atom is -0.396 e. The van der Waals surface area contributed by atoms with Crippen molar-refractivity contribution in [3.8, 4) is 0 Å². The van der Waals surface area contributed by atoms with Crippen LogP contribution >= 0.6 is 11.6 Å². The minimum absolute atomic E-state index is 0.589. The van der Waals surface area contributed by atoms with Crippen LogP contribution in [-0.4, -0.2) is 18.6 Å². The van der Waals surface area contributed by atoms with Gasteiger partial charge in [-0.25, -0.2) is 4.98 Å². The molecule has 2 N–H and O–H groups in total. The third-order valence-corrected chi connectivity index (χ3v) is 2.66. The van der Waals surface area contributed by atoms with Gasteiger partial charge in [-0.2, -0.15) is 0 Å². The molecule has 0 aromatic carbocycles. The SMILES string of the molecule is CN(CC1CC1)c1ncc(Cl)cc1N. The third-order valence-electron chi connectivity index (χ3n) is 2.45. The van der Waals surface area contributed by atoms with Crippen LogP contribution in [0.5, 0.6) is 0 Å². The van der Waals surface area contributed by atoms with Gasteiger partial charge in [-0.05, 0) is 24.8 Å². The lowest BCUT2D eigenvalue weighted by Crippen LogP contribution is -2.22. The first-order valence-corrected chi connectivity index (χ1v) is 5.17. The molecule has 76 valence electrons. The highest BCUT2D eigenvalue weighted by atomic mass is 35.5. The van der Waals surface area contributed by atoms with E-state index in [4.69, 9.17) is 17.3 Å². The lowest BCUT2D eigenvalue weighted by molar-refractivity contribution is 0.778. The van der Waals surface area contributed by atoms with Gasteiger partial charge < -0.3 is 10.6 Å². The molecular weight excluding hydrogens is 198 g/mol. The molecule has 1 heterocycles. The van der Waals surface area contributed by atoms with Crippen LogP contribution in [0.25, 0.3) is 0 Å². The molecule has 0 bridgehead atoms. The van der Waals surface area contributed by atoms with Crippen LogP contribution < -0.4 is 10.6 Å². The molecule has 0 saturated heterocycles. The predicted molar refractivity (Wildman–Crippen MR) is 59.7 cm³/mol. The molecule has 4 heteroatoms. The molecule has 1 aliphatic carbocycles. The molecule has 0 aliphatic heterocycles. The first-order chi connectivity index (χ1) is 6.66. The maximum Gasteiger partial charge on any atom is 0.151 e.